The van der Waals surface area contributed by atoms with Gasteiger partial charge in [0, 0.05) is 40.4 Å². The first-order chi connectivity index (χ1) is 13.4. The van der Waals surface area contributed by atoms with Crippen molar-refractivity contribution in [3.63, 3.8) is 0 Å². The molecule has 0 spiro atoms. The van der Waals surface area contributed by atoms with Crippen molar-refractivity contribution in [3.8, 4) is 5.75 Å². The molecule has 2 atom stereocenters. The van der Waals surface area contributed by atoms with E-state index in [1.807, 2.05) is 19.1 Å². The summed E-state index contributed by atoms with van der Waals surface area (Å²) in [5.74, 6) is 1.66. The first-order valence-electron chi connectivity index (χ1n) is 9.64. The van der Waals surface area contributed by atoms with Gasteiger partial charge in [-0.3, -0.25) is 14.5 Å². The van der Waals surface area contributed by atoms with Crippen molar-refractivity contribution >= 4 is 9.73 Å². The zero-order chi connectivity index (χ0) is 20.1. The highest BCUT2D eigenvalue weighted by molar-refractivity contribution is 7.92. The third-order valence-electron chi connectivity index (χ3n) is 5.07. The SMILES string of the molecule is CCS(=N)(=O)CCC(C)COc1coc(CN2Cc3ccccc3C2)cc1=O. The van der Waals surface area contributed by atoms with Crippen molar-refractivity contribution in [3.05, 3.63) is 63.7 Å². The predicted molar refractivity (Wildman–Crippen MR) is 110 cm³/mol. The second-order valence-corrected chi connectivity index (χ2v) is 10.1. The molecule has 0 radical (unpaired) electrons. The van der Waals surface area contributed by atoms with Gasteiger partial charge in [-0.1, -0.05) is 38.1 Å². The molecule has 0 bridgehead atoms. The summed E-state index contributed by atoms with van der Waals surface area (Å²) in [7, 11) is -2.48. The number of ether oxygens (including phenoxy) is 1. The molecule has 2 heterocycles. The number of rotatable bonds is 9. The monoisotopic (exact) mass is 404 g/mol. The smallest absolute Gasteiger partial charge is 0.227 e. The largest absolute Gasteiger partial charge is 0.486 e. The Hall–Kier alpha value is -2.12. The molecular weight excluding hydrogens is 376 g/mol. The molecule has 3 rings (SSSR count). The Morgan fingerprint density at radius 3 is 2.57 bits per heavy atom. The first kappa shape index (κ1) is 20.6. The topological polar surface area (TPSA) is 83.6 Å². The van der Waals surface area contributed by atoms with Gasteiger partial charge in [0.2, 0.25) is 11.2 Å². The Balaban J connectivity index is 1.51. The van der Waals surface area contributed by atoms with Gasteiger partial charge in [-0.15, -0.1) is 0 Å². The maximum Gasteiger partial charge on any atom is 0.227 e. The molecule has 7 heteroatoms. The molecule has 1 aliphatic heterocycles. The van der Waals surface area contributed by atoms with E-state index in [9.17, 15) is 9.00 Å². The highest BCUT2D eigenvalue weighted by atomic mass is 32.2. The van der Waals surface area contributed by atoms with Gasteiger partial charge in [-0.05, 0) is 23.5 Å². The summed E-state index contributed by atoms with van der Waals surface area (Å²) in [5, 5.41) is 0. The minimum atomic E-state index is -2.48. The van der Waals surface area contributed by atoms with Crippen molar-refractivity contribution in [2.75, 3.05) is 18.1 Å². The molecule has 1 aromatic carbocycles. The van der Waals surface area contributed by atoms with E-state index in [2.05, 4.69) is 17.0 Å². The second-order valence-electron chi connectivity index (χ2n) is 7.50. The summed E-state index contributed by atoms with van der Waals surface area (Å²) in [6.45, 7) is 6.36. The van der Waals surface area contributed by atoms with Crippen molar-refractivity contribution in [2.24, 2.45) is 5.92 Å². The van der Waals surface area contributed by atoms with E-state index in [0.29, 0.717) is 36.8 Å². The second kappa shape index (κ2) is 8.92. The van der Waals surface area contributed by atoms with Crippen LogP contribution in [0.3, 0.4) is 0 Å². The molecule has 2 unspecified atom stereocenters. The highest BCUT2D eigenvalue weighted by Crippen LogP contribution is 2.24. The molecule has 0 saturated heterocycles. The molecule has 0 aliphatic carbocycles. The third-order valence-corrected chi connectivity index (χ3v) is 6.90. The summed E-state index contributed by atoms with van der Waals surface area (Å²) < 4.78 is 30.7. The number of hydrogen-bond acceptors (Lipinski definition) is 6. The molecule has 2 aromatic rings. The Morgan fingerprint density at radius 2 is 1.96 bits per heavy atom. The number of nitrogens with one attached hydrogen (secondary N) is 1. The lowest BCUT2D eigenvalue weighted by atomic mass is 10.1. The summed E-state index contributed by atoms with van der Waals surface area (Å²) in [4.78, 5) is 14.6. The van der Waals surface area contributed by atoms with Gasteiger partial charge < -0.3 is 9.15 Å². The quantitative estimate of drug-likeness (QED) is 0.690. The molecule has 152 valence electrons. The van der Waals surface area contributed by atoms with Crippen LogP contribution in [0.2, 0.25) is 0 Å². The van der Waals surface area contributed by atoms with Crippen LogP contribution >= 0.6 is 0 Å². The van der Waals surface area contributed by atoms with Gasteiger partial charge in [-0.2, -0.15) is 0 Å². The minimum Gasteiger partial charge on any atom is -0.486 e. The van der Waals surface area contributed by atoms with Crippen molar-refractivity contribution in [2.45, 2.75) is 39.9 Å². The van der Waals surface area contributed by atoms with E-state index >= 15 is 0 Å². The lowest BCUT2D eigenvalue weighted by Crippen LogP contribution is -2.19. The third kappa shape index (κ3) is 5.45. The molecule has 1 aromatic heterocycles. The van der Waals surface area contributed by atoms with Crippen LogP contribution in [0.1, 0.15) is 37.2 Å². The van der Waals surface area contributed by atoms with Gasteiger partial charge in [0.15, 0.2) is 0 Å². The standard InChI is InChI=1S/C21H28N2O4S/c1-3-28(22,25)9-8-16(2)14-27-21-15-26-19(10-20(21)24)13-23-11-17-6-4-5-7-18(17)12-23/h4-7,10,15-16,22H,3,8-9,11-14H2,1-2H3. The van der Waals surface area contributed by atoms with Crippen LogP contribution in [0.15, 0.2) is 45.8 Å². The van der Waals surface area contributed by atoms with E-state index in [1.54, 1.807) is 6.92 Å². The molecule has 0 saturated carbocycles. The molecule has 0 amide bonds. The van der Waals surface area contributed by atoms with Crippen molar-refractivity contribution in [1.29, 1.82) is 4.78 Å². The van der Waals surface area contributed by atoms with E-state index in [4.69, 9.17) is 13.9 Å². The molecular formula is C21H28N2O4S. The van der Waals surface area contributed by atoms with Gasteiger partial charge in [0.25, 0.3) is 0 Å². The zero-order valence-electron chi connectivity index (χ0n) is 16.5. The van der Waals surface area contributed by atoms with Crippen LogP contribution in [0, 0.1) is 10.7 Å². The van der Waals surface area contributed by atoms with E-state index in [-0.39, 0.29) is 17.1 Å². The van der Waals surface area contributed by atoms with Gasteiger partial charge in [0.1, 0.15) is 12.0 Å². The Kier molecular flexibility index (Phi) is 6.57. The number of nitrogens with zero attached hydrogens (tertiary/aromatic N) is 1. The fourth-order valence-corrected chi connectivity index (χ4v) is 4.29. The van der Waals surface area contributed by atoms with Crippen LogP contribution in [-0.2, 0) is 29.4 Å². The van der Waals surface area contributed by atoms with Crippen LogP contribution < -0.4 is 10.2 Å². The highest BCUT2D eigenvalue weighted by Gasteiger charge is 2.19. The zero-order valence-corrected chi connectivity index (χ0v) is 17.3. The fourth-order valence-electron chi connectivity index (χ4n) is 3.21. The summed E-state index contributed by atoms with van der Waals surface area (Å²) in [6.07, 6.45) is 2.02. The first-order valence-corrected chi connectivity index (χ1v) is 11.5. The summed E-state index contributed by atoms with van der Waals surface area (Å²) in [5.41, 5.74) is 2.44. The summed E-state index contributed by atoms with van der Waals surface area (Å²) in [6, 6.07) is 9.84. The van der Waals surface area contributed by atoms with Gasteiger partial charge in [0.05, 0.1) is 13.2 Å². The molecule has 1 N–H and O–H groups in total. The average molecular weight is 405 g/mol. The van der Waals surface area contributed by atoms with Gasteiger partial charge >= 0.3 is 0 Å². The van der Waals surface area contributed by atoms with Crippen LogP contribution in [0.4, 0.5) is 0 Å². The summed E-state index contributed by atoms with van der Waals surface area (Å²) >= 11 is 0. The fraction of sp³-hybridized carbons (Fsp3) is 0.476. The Morgan fingerprint density at radius 1 is 1.29 bits per heavy atom. The van der Waals surface area contributed by atoms with Crippen LogP contribution in [0.5, 0.6) is 5.75 Å². The van der Waals surface area contributed by atoms with Gasteiger partial charge in [-0.25, -0.2) is 4.21 Å². The van der Waals surface area contributed by atoms with E-state index < -0.39 is 9.73 Å². The van der Waals surface area contributed by atoms with Crippen molar-refractivity contribution < 1.29 is 13.4 Å². The predicted octanol–water partition coefficient (Wildman–Crippen LogP) is 3.63. The van der Waals surface area contributed by atoms with Crippen molar-refractivity contribution in [1.82, 2.24) is 4.90 Å². The molecule has 0 fully saturated rings. The lowest BCUT2D eigenvalue weighted by Gasteiger charge is -2.15. The lowest BCUT2D eigenvalue weighted by molar-refractivity contribution is 0.232. The molecule has 6 nitrogen and oxygen atoms in total. The van der Waals surface area contributed by atoms with Crippen LogP contribution in [0.25, 0.3) is 0 Å². The normalized spacial score (nSPS) is 17.1. The molecule has 1 aliphatic rings. The average Bonchev–Trinajstić information content (AvgIpc) is 3.08. The van der Waals surface area contributed by atoms with E-state index in [1.165, 1.54) is 23.5 Å². The Bertz CT molecular complexity index is 943. The number of fused-ring (bicyclic) bond motifs is 1. The maximum absolute atomic E-state index is 12.3. The maximum atomic E-state index is 12.3. The number of hydrogen-bond donors (Lipinski definition) is 1. The van der Waals surface area contributed by atoms with E-state index in [0.717, 1.165) is 13.1 Å². The Labute approximate surface area is 166 Å². The van der Waals surface area contributed by atoms with Crippen LogP contribution in [-0.4, -0.2) is 27.2 Å². The number of benzene rings is 1. The molecule has 28 heavy (non-hydrogen) atoms. The minimum absolute atomic E-state index is 0.111.